The number of benzene rings is 1. The third-order valence-corrected chi connectivity index (χ3v) is 3.06. The summed E-state index contributed by atoms with van der Waals surface area (Å²) in [4.78, 5) is 34.9. The molecule has 0 bridgehead atoms. The average Bonchev–Trinajstić information content (AvgIpc) is 2.47. The largest absolute Gasteiger partial charge is 0.497 e. The van der Waals surface area contributed by atoms with Crippen LogP contribution in [0.25, 0.3) is 0 Å². The number of nitrogens with two attached hydrogens (primary N) is 1. The number of hydrogen-bond donors (Lipinski definition) is 3. The molecule has 7 nitrogen and oxygen atoms in total. The van der Waals surface area contributed by atoms with E-state index in [9.17, 15) is 14.4 Å². The van der Waals surface area contributed by atoms with Gasteiger partial charge in [0.2, 0.25) is 5.91 Å². The van der Waals surface area contributed by atoms with Crippen LogP contribution in [0.3, 0.4) is 0 Å². The smallest absolute Gasteiger partial charge is 0.326 e. The molecular formula is C15H20N2O5. The van der Waals surface area contributed by atoms with Gasteiger partial charge in [0, 0.05) is 24.1 Å². The molecule has 0 saturated carbocycles. The second-order valence-corrected chi connectivity index (χ2v) is 4.79. The van der Waals surface area contributed by atoms with Gasteiger partial charge in [0.1, 0.15) is 11.8 Å². The van der Waals surface area contributed by atoms with Crippen LogP contribution in [0.1, 0.15) is 36.5 Å². The van der Waals surface area contributed by atoms with Crippen molar-refractivity contribution >= 4 is 23.3 Å². The number of carbonyl (C=O) groups is 3. The predicted molar refractivity (Wildman–Crippen MR) is 80.8 cm³/mol. The SMILES string of the molecule is CCCC(=O)N[C@@H](CC(=O)c1cc(OC)ccc1N)C(=O)O. The van der Waals surface area contributed by atoms with E-state index in [1.165, 1.54) is 19.2 Å². The number of carboxylic acid groups (broad SMARTS) is 1. The molecule has 0 aliphatic carbocycles. The number of ether oxygens (including phenoxy) is 1. The molecule has 1 atom stereocenters. The Kier molecular flexibility index (Phi) is 6.37. The molecule has 0 aromatic heterocycles. The lowest BCUT2D eigenvalue weighted by atomic mass is 10.0. The quantitative estimate of drug-likeness (QED) is 0.491. The number of carbonyl (C=O) groups excluding carboxylic acids is 2. The number of Topliss-reactive ketones (excluding diaryl/α,β-unsaturated/α-hetero) is 1. The Labute approximate surface area is 128 Å². The Morgan fingerprint density at radius 3 is 2.59 bits per heavy atom. The van der Waals surface area contributed by atoms with Crippen molar-refractivity contribution in [2.75, 3.05) is 12.8 Å². The lowest BCUT2D eigenvalue weighted by Gasteiger charge is -2.14. The Bertz CT molecular complexity index is 571. The van der Waals surface area contributed by atoms with Gasteiger partial charge in [-0.05, 0) is 24.6 Å². The van der Waals surface area contributed by atoms with Crippen LogP contribution in [-0.4, -0.2) is 35.9 Å². The first kappa shape index (κ1) is 17.5. The molecule has 0 radical (unpaired) electrons. The molecule has 0 heterocycles. The van der Waals surface area contributed by atoms with Gasteiger partial charge in [-0.1, -0.05) is 6.92 Å². The zero-order chi connectivity index (χ0) is 16.7. The van der Waals surface area contributed by atoms with Gasteiger partial charge in [-0.3, -0.25) is 9.59 Å². The summed E-state index contributed by atoms with van der Waals surface area (Å²) in [6.07, 6.45) is 0.427. The molecule has 0 unspecified atom stereocenters. The summed E-state index contributed by atoms with van der Waals surface area (Å²) < 4.78 is 5.02. The van der Waals surface area contributed by atoms with Gasteiger partial charge in [-0.25, -0.2) is 4.79 Å². The zero-order valence-corrected chi connectivity index (χ0v) is 12.6. The van der Waals surface area contributed by atoms with E-state index in [0.29, 0.717) is 12.2 Å². The normalized spacial score (nSPS) is 11.5. The topological polar surface area (TPSA) is 119 Å². The maximum Gasteiger partial charge on any atom is 0.326 e. The van der Waals surface area contributed by atoms with Gasteiger partial charge in [0.25, 0.3) is 0 Å². The highest BCUT2D eigenvalue weighted by atomic mass is 16.5. The van der Waals surface area contributed by atoms with Gasteiger partial charge < -0.3 is 20.9 Å². The van der Waals surface area contributed by atoms with Gasteiger partial charge in [-0.15, -0.1) is 0 Å². The van der Waals surface area contributed by atoms with Crippen molar-refractivity contribution in [3.63, 3.8) is 0 Å². The van der Waals surface area contributed by atoms with Crippen molar-refractivity contribution in [3.8, 4) is 5.75 Å². The third kappa shape index (κ3) is 4.76. The molecule has 120 valence electrons. The first-order valence-electron chi connectivity index (χ1n) is 6.87. The number of aliphatic carboxylic acids is 1. The molecule has 1 aromatic carbocycles. The molecule has 0 aliphatic rings. The standard InChI is InChI=1S/C15H20N2O5/c1-3-4-14(19)17-12(15(20)21)8-13(18)10-7-9(22-2)5-6-11(10)16/h5-7,12H,3-4,8,16H2,1-2H3,(H,17,19)(H,20,21)/t12-/m0/s1. The van der Waals surface area contributed by atoms with Gasteiger partial charge >= 0.3 is 5.97 Å². The Morgan fingerprint density at radius 2 is 2.05 bits per heavy atom. The molecule has 0 fully saturated rings. The summed E-state index contributed by atoms with van der Waals surface area (Å²) >= 11 is 0. The fourth-order valence-electron chi connectivity index (χ4n) is 1.89. The van der Waals surface area contributed by atoms with Crippen LogP contribution in [0, 0.1) is 0 Å². The van der Waals surface area contributed by atoms with E-state index >= 15 is 0 Å². The molecule has 7 heteroatoms. The second-order valence-electron chi connectivity index (χ2n) is 4.79. The summed E-state index contributed by atoms with van der Waals surface area (Å²) in [6.45, 7) is 1.80. The van der Waals surface area contributed by atoms with Crippen molar-refractivity contribution in [2.45, 2.75) is 32.2 Å². The summed E-state index contributed by atoms with van der Waals surface area (Å²) in [6, 6.07) is 3.28. The predicted octanol–water partition coefficient (Wildman–Crippen LogP) is 1.22. The number of ketones is 1. The first-order valence-corrected chi connectivity index (χ1v) is 6.87. The third-order valence-electron chi connectivity index (χ3n) is 3.06. The number of nitrogens with one attached hydrogen (secondary N) is 1. The molecule has 1 aromatic rings. The Morgan fingerprint density at radius 1 is 1.36 bits per heavy atom. The minimum Gasteiger partial charge on any atom is -0.497 e. The maximum atomic E-state index is 12.2. The number of amides is 1. The Balaban J connectivity index is 2.87. The summed E-state index contributed by atoms with van der Waals surface area (Å²) in [7, 11) is 1.45. The van der Waals surface area contributed by atoms with Gasteiger partial charge in [0.15, 0.2) is 5.78 Å². The maximum absolute atomic E-state index is 12.2. The molecule has 0 spiro atoms. The van der Waals surface area contributed by atoms with Gasteiger partial charge in [0.05, 0.1) is 7.11 Å². The van der Waals surface area contributed by atoms with Crippen LogP contribution in [0.4, 0.5) is 5.69 Å². The number of hydrogen-bond acceptors (Lipinski definition) is 5. The molecule has 0 saturated heterocycles. The van der Waals surface area contributed by atoms with Crippen LogP contribution < -0.4 is 15.8 Å². The summed E-state index contributed by atoms with van der Waals surface area (Å²) in [5, 5.41) is 11.5. The number of anilines is 1. The van der Waals surface area contributed by atoms with E-state index in [-0.39, 0.29) is 24.1 Å². The van der Waals surface area contributed by atoms with E-state index < -0.39 is 23.7 Å². The van der Waals surface area contributed by atoms with Crippen molar-refractivity contribution in [2.24, 2.45) is 0 Å². The summed E-state index contributed by atoms with van der Waals surface area (Å²) in [5.41, 5.74) is 6.14. The van der Waals surface area contributed by atoms with E-state index in [1.54, 1.807) is 13.0 Å². The number of carboxylic acids is 1. The van der Waals surface area contributed by atoms with Crippen molar-refractivity contribution in [1.29, 1.82) is 0 Å². The highest BCUT2D eigenvalue weighted by Gasteiger charge is 2.24. The number of rotatable bonds is 8. The van der Waals surface area contributed by atoms with Crippen LogP contribution >= 0.6 is 0 Å². The van der Waals surface area contributed by atoms with Crippen LogP contribution in [0.15, 0.2) is 18.2 Å². The molecule has 1 amide bonds. The highest BCUT2D eigenvalue weighted by molar-refractivity contribution is 6.03. The monoisotopic (exact) mass is 308 g/mol. The fraction of sp³-hybridized carbons (Fsp3) is 0.400. The van der Waals surface area contributed by atoms with Crippen LogP contribution in [0.2, 0.25) is 0 Å². The van der Waals surface area contributed by atoms with E-state index in [1.807, 2.05) is 0 Å². The van der Waals surface area contributed by atoms with E-state index in [0.717, 1.165) is 0 Å². The van der Waals surface area contributed by atoms with Crippen LogP contribution in [0.5, 0.6) is 5.75 Å². The lowest BCUT2D eigenvalue weighted by molar-refractivity contribution is -0.141. The average molecular weight is 308 g/mol. The van der Waals surface area contributed by atoms with Crippen molar-refractivity contribution in [3.05, 3.63) is 23.8 Å². The molecule has 1 rings (SSSR count). The molecular weight excluding hydrogens is 288 g/mol. The van der Waals surface area contributed by atoms with Crippen LogP contribution in [-0.2, 0) is 9.59 Å². The fourth-order valence-corrected chi connectivity index (χ4v) is 1.89. The molecule has 0 aliphatic heterocycles. The molecule has 22 heavy (non-hydrogen) atoms. The van der Waals surface area contributed by atoms with Crippen molar-refractivity contribution in [1.82, 2.24) is 5.32 Å². The first-order chi connectivity index (χ1) is 10.4. The lowest BCUT2D eigenvalue weighted by Crippen LogP contribution is -2.42. The van der Waals surface area contributed by atoms with Crippen molar-refractivity contribution < 1.29 is 24.2 Å². The minimum atomic E-state index is -1.28. The summed E-state index contributed by atoms with van der Waals surface area (Å²) in [5.74, 6) is -1.69. The zero-order valence-electron chi connectivity index (χ0n) is 12.6. The van der Waals surface area contributed by atoms with E-state index in [4.69, 9.17) is 15.6 Å². The Hall–Kier alpha value is -2.57. The minimum absolute atomic E-state index is 0.176. The van der Waals surface area contributed by atoms with Gasteiger partial charge in [-0.2, -0.15) is 0 Å². The van der Waals surface area contributed by atoms with E-state index in [2.05, 4.69) is 5.32 Å². The second kappa shape index (κ2) is 8.02. The number of methoxy groups -OCH3 is 1. The molecule has 4 N–H and O–H groups in total. The number of nitrogen functional groups attached to an aromatic ring is 1. The highest BCUT2D eigenvalue weighted by Crippen LogP contribution is 2.21.